The molecule has 1 aromatic heterocycles. The smallest absolute Gasteiger partial charge is 0.213 e. The van der Waals surface area contributed by atoms with Crippen molar-refractivity contribution >= 4 is 5.96 Å². The van der Waals surface area contributed by atoms with Gasteiger partial charge in [0.25, 0.3) is 0 Å². The van der Waals surface area contributed by atoms with Gasteiger partial charge >= 0.3 is 0 Å². The van der Waals surface area contributed by atoms with Crippen LogP contribution in [0.5, 0.6) is 0 Å². The van der Waals surface area contributed by atoms with E-state index < -0.39 is 0 Å². The zero-order chi connectivity index (χ0) is 20.6. The standard InChI is InChI=1S/C22H35N5O/c1-7-27(8-2)16-18-11-9-10-17(12-18)13-25-21(23-6)26-15-20-24-14-19(28-20)22(3,4)5/h9-12,14H,7-8,13,15-16H2,1-6H3,(H2,23,25,26). The van der Waals surface area contributed by atoms with E-state index in [0.717, 1.165) is 31.4 Å². The molecule has 0 amide bonds. The molecule has 0 radical (unpaired) electrons. The SMILES string of the molecule is CCN(CC)Cc1cccc(CNC(=NC)NCc2ncc(C(C)(C)C)o2)c1. The Hall–Kier alpha value is -2.34. The molecule has 0 fully saturated rings. The molecule has 1 aromatic carbocycles. The minimum Gasteiger partial charge on any atom is -0.443 e. The fraction of sp³-hybridized carbons (Fsp3) is 0.545. The van der Waals surface area contributed by atoms with E-state index in [1.807, 2.05) is 0 Å². The Morgan fingerprint density at radius 1 is 1.11 bits per heavy atom. The summed E-state index contributed by atoms with van der Waals surface area (Å²) >= 11 is 0. The van der Waals surface area contributed by atoms with Gasteiger partial charge in [0.05, 0.1) is 12.7 Å². The lowest BCUT2D eigenvalue weighted by Gasteiger charge is -2.18. The first-order chi connectivity index (χ1) is 13.4. The molecule has 0 bridgehead atoms. The van der Waals surface area contributed by atoms with Crippen molar-refractivity contribution in [2.24, 2.45) is 4.99 Å². The fourth-order valence-electron chi connectivity index (χ4n) is 2.85. The molecule has 0 atom stereocenters. The van der Waals surface area contributed by atoms with Crippen LogP contribution < -0.4 is 10.6 Å². The first-order valence-corrected chi connectivity index (χ1v) is 10.1. The zero-order valence-electron chi connectivity index (χ0n) is 18.2. The third-order valence-corrected chi connectivity index (χ3v) is 4.68. The van der Waals surface area contributed by atoms with Gasteiger partial charge in [0.1, 0.15) is 5.76 Å². The van der Waals surface area contributed by atoms with Gasteiger partial charge in [-0.15, -0.1) is 0 Å². The third kappa shape index (κ3) is 6.68. The van der Waals surface area contributed by atoms with Gasteiger partial charge in [-0.05, 0) is 24.2 Å². The Labute approximate surface area is 169 Å². The molecule has 0 aliphatic carbocycles. The molecule has 6 nitrogen and oxygen atoms in total. The lowest BCUT2D eigenvalue weighted by molar-refractivity contribution is 0.296. The highest BCUT2D eigenvalue weighted by atomic mass is 16.4. The van der Waals surface area contributed by atoms with Crippen LogP contribution in [0.4, 0.5) is 0 Å². The molecule has 0 aliphatic heterocycles. The van der Waals surface area contributed by atoms with E-state index in [-0.39, 0.29) is 5.41 Å². The number of nitrogens with one attached hydrogen (secondary N) is 2. The van der Waals surface area contributed by atoms with E-state index in [0.29, 0.717) is 19.0 Å². The van der Waals surface area contributed by atoms with Crippen LogP contribution >= 0.6 is 0 Å². The minimum atomic E-state index is -0.0404. The second kappa shape index (κ2) is 10.3. The van der Waals surface area contributed by atoms with Crippen LogP contribution in [0.15, 0.2) is 39.9 Å². The molecular weight excluding hydrogens is 350 g/mol. The Morgan fingerprint density at radius 3 is 2.39 bits per heavy atom. The molecule has 0 aliphatic rings. The van der Waals surface area contributed by atoms with Crippen LogP contribution in [0.1, 0.15) is 57.4 Å². The monoisotopic (exact) mass is 385 g/mol. The summed E-state index contributed by atoms with van der Waals surface area (Å²) in [6.45, 7) is 15.0. The lowest BCUT2D eigenvalue weighted by atomic mass is 9.94. The Morgan fingerprint density at radius 2 is 1.79 bits per heavy atom. The molecule has 2 aromatic rings. The van der Waals surface area contributed by atoms with Crippen molar-refractivity contribution in [2.75, 3.05) is 20.1 Å². The van der Waals surface area contributed by atoms with E-state index in [1.54, 1.807) is 13.2 Å². The van der Waals surface area contributed by atoms with E-state index in [9.17, 15) is 0 Å². The van der Waals surface area contributed by atoms with Gasteiger partial charge < -0.3 is 15.1 Å². The van der Waals surface area contributed by atoms with Gasteiger partial charge in [0.15, 0.2) is 5.96 Å². The van der Waals surface area contributed by atoms with Crippen molar-refractivity contribution in [1.82, 2.24) is 20.5 Å². The van der Waals surface area contributed by atoms with Gasteiger partial charge in [-0.3, -0.25) is 9.89 Å². The Kier molecular flexibility index (Phi) is 8.05. The van der Waals surface area contributed by atoms with Crippen LogP contribution in [0, 0.1) is 0 Å². The summed E-state index contributed by atoms with van der Waals surface area (Å²) in [6, 6.07) is 8.69. The second-order valence-electron chi connectivity index (χ2n) is 7.93. The first kappa shape index (κ1) is 22.0. The van der Waals surface area contributed by atoms with E-state index in [2.05, 4.69) is 84.4 Å². The average Bonchev–Trinajstić information content (AvgIpc) is 3.16. The molecule has 6 heteroatoms. The number of oxazole rings is 1. The maximum atomic E-state index is 5.82. The van der Waals surface area contributed by atoms with Crippen LogP contribution in [0.25, 0.3) is 0 Å². The maximum Gasteiger partial charge on any atom is 0.213 e. The first-order valence-electron chi connectivity index (χ1n) is 10.1. The number of hydrogen-bond donors (Lipinski definition) is 2. The Balaban J connectivity index is 1.87. The highest BCUT2D eigenvalue weighted by Gasteiger charge is 2.19. The topological polar surface area (TPSA) is 65.7 Å². The predicted molar refractivity (Wildman–Crippen MR) is 115 cm³/mol. The van der Waals surface area contributed by atoms with Crippen molar-refractivity contribution < 1.29 is 4.42 Å². The molecule has 0 saturated heterocycles. The van der Waals surface area contributed by atoms with E-state index >= 15 is 0 Å². The van der Waals surface area contributed by atoms with Crippen LogP contribution in [-0.4, -0.2) is 36.0 Å². The van der Waals surface area contributed by atoms with Gasteiger partial charge in [-0.25, -0.2) is 4.98 Å². The van der Waals surface area contributed by atoms with Gasteiger partial charge in [0, 0.05) is 25.6 Å². The molecule has 1 heterocycles. The van der Waals surface area contributed by atoms with Crippen molar-refractivity contribution in [3.8, 4) is 0 Å². The van der Waals surface area contributed by atoms with Crippen LogP contribution in [0.3, 0.4) is 0 Å². The summed E-state index contributed by atoms with van der Waals surface area (Å²) in [7, 11) is 1.77. The Bertz CT molecular complexity index is 756. The van der Waals surface area contributed by atoms with E-state index in [1.165, 1.54) is 11.1 Å². The number of aromatic nitrogens is 1. The molecular formula is C22H35N5O. The molecule has 0 spiro atoms. The van der Waals surface area contributed by atoms with Gasteiger partial charge in [0.2, 0.25) is 5.89 Å². The third-order valence-electron chi connectivity index (χ3n) is 4.68. The summed E-state index contributed by atoms with van der Waals surface area (Å²) in [6.07, 6.45) is 1.80. The molecule has 0 saturated carbocycles. The fourth-order valence-corrected chi connectivity index (χ4v) is 2.85. The number of hydrogen-bond acceptors (Lipinski definition) is 4. The summed E-state index contributed by atoms with van der Waals surface area (Å²) in [5.41, 5.74) is 2.53. The highest BCUT2D eigenvalue weighted by molar-refractivity contribution is 5.79. The van der Waals surface area contributed by atoms with Crippen LogP contribution in [-0.2, 0) is 25.0 Å². The van der Waals surface area contributed by atoms with Crippen LogP contribution in [0.2, 0.25) is 0 Å². The summed E-state index contributed by atoms with van der Waals surface area (Å²) in [5.74, 6) is 2.27. The molecule has 2 rings (SSSR count). The van der Waals surface area contributed by atoms with Gasteiger partial charge in [-0.2, -0.15) is 0 Å². The normalized spacial score (nSPS) is 12.5. The van der Waals surface area contributed by atoms with Gasteiger partial charge in [-0.1, -0.05) is 58.9 Å². The number of benzene rings is 1. The second-order valence-corrected chi connectivity index (χ2v) is 7.93. The maximum absolute atomic E-state index is 5.82. The molecule has 0 unspecified atom stereocenters. The largest absolute Gasteiger partial charge is 0.443 e. The number of nitrogens with zero attached hydrogens (tertiary/aromatic N) is 3. The number of guanidine groups is 1. The lowest BCUT2D eigenvalue weighted by Crippen LogP contribution is -2.36. The average molecular weight is 386 g/mol. The number of rotatable bonds is 8. The van der Waals surface area contributed by atoms with Crippen molar-refractivity contribution in [3.05, 3.63) is 53.2 Å². The summed E-state index contributed by atoms with van der Waals surface area (Å²) in [4.78, 5) is 11.0. The molecule has 154 valence electrons. The highest BCUT2D eigenvalue weighted by Crippen LogP contribution is 2.22. The summed E-state index contributed by atoms with van der Waals surface area (Å²) < 4.78 is 5.82. The zero-order valence-corrected chi connectivity index (χ0v) is 18.2. The van der Waals surface area contributed by atoms with Crippen molar-refractivity contribution in [1.29, 1.82) is 0 Å². The van der Waals surface area contributed by atoms with E-state index in [4.69, 9.17) is 4.42 Å². The van der Waals surface area contributed by atoms with Crippen molar-refractivity contribution in [3.63, 3.8) is 0 Å². The summed E-state index contributed by atoms with van der Waals surface area (Å²) in [5, 5.41) is 6.62. The number of aliphatic imine (C=N–C) groups is 1. The molecule has 2 N–H and O–H groups in total. The predicted octanol–water partition coefficient (Wildman–Crippen LogP) is 3.68. The quantitative estimate of drug-likeness (QED) is 0.536. The molecule has 28 heavy (non-hydrogen) atoms. The van der Waals surface area contributed by atoms with Crippen molar-refractivity contribution in [2.45, 2.75) is 59.7 Å². The minimum absolute atomic E-state index is 0.0404.